The number of carbonyl (C=O) groups is 1. The molecule has 1 aromatic carbocycles. The molecule has 0 bridgehead atoms. The summed E-state index contributed by atoms with van der Waals surface area (Å²) in [6.07, 6.45) is 0.714. The number of nitrogens with two attached hydrogens (primary N) is 1. The van der Waals surface area contributed by atoms with Crippen molar-refractivity contribution in [3.63, 3.8) is 0 Å². The first-order valence-electron chi connectivity index (χ1n) is 5.35. The van der Waals surface area contributed by atoms with E-state index in [4.69, 9.17) is 5.73 Å². The molecule has 1 heterocycles. The third-order valence-corrected chi connectivity index (χ3v) is 2.83. The molecule has 98 valence electrons. The molecule has 0 fully saturated rings. The van der Waals surface area contributed by atoms with Crippen LogP contribution in [0.4, 0.5) is 11.4 Å². The number of benzene rings is 1. The van der Waals surface area contributed by atoms with Crippen molar-refractivity contribution in [1.29, 1.82) is 0 Å². The molecule has 7 heteroatoms. The number of nitrogens with zero attached hydrogens (tertiary/aromatic N) is 2. The number of rotatable bonds is 2. The molecule has 1 aliphatic heterocycles. The Kier molecular flexibility index (Phi) is 4.26. The van der Waals surface area contributed by atoms with Gasteiger partial charge in [0, 0.05) is 18.7 Å². The Balaban J connectivity index is 0.00000162. The quantitative estimate of drug-likeness (QED) is 0.647. The van der Waals surface area contributed by atoms with Crippen LogP contribution in [0, 0.1) is 10.1 Å². The maximum Gasteiger partial charge on any atom is 0.271 e. The number of nitro benzene ring substituents is 1. The van der Waals surface area contributed by atoms with E-state index in [1.165, 1.54) is 17.0 Å². The maximum atomic E-state index is 11.8. The zero-order chi connectivity index (χ0) is 12.6. The lowest BCUT2D eigenvalue weighted by Gasteiger charge is -2.19. The van der Waals surface area contributed by atoms with Gasteiger partial charge < -0.3 is 10.6 Å². The molecular formula is C11H14ClN3O3. The number of non-ortho nitro benzene ring substituents is 1. The van der Waals surface area contributed by atoms with Crippen molar-refractivity contribution < 1.29 is 9.72 Å². The van der Waals surface area contributed by atoms with Crippen LogP contribution in [-0.4, -0.2) is 23.4 Å². The molecule has 2 rings (SSSR count). The average molecular weight is 272 g/mol. The highest BCUT2D eigenvalue weighted by Gasteiger charge is 2.28. The lowest BCUT2D eigenvalue weighted by atomic mass is 10.1. The Labute approximate surface area is 110 Å². The van der Waals surface area contributed by atoms with Crippen LogP contribution >= 0.6 is 12.4 Å². The van der Waals surface area contributed by atoms with E-state index in [9.17, 15) is 14.9 Å². The average Bonchev–Trinajstić information content (AvgIpc) is 2.70. The molecule has 1 aliphatic rings. The number of hydrogen-bond donors (Lipinski definition) is 1. The highest BCUT2D eigenvalue weighted by Crippen LogP contribution is 2.31. The summed E-state index contributed by atoms with van der Waals surface area (Å²) in [5, 5.41) is 10.7. The standard InChI is InChI=1S/C11H13N3O3.ClH/c1-7(12)11(15)13-5-4-8-2-3-9(14(16)17)6-10(8)13;/h2-3,6-7H,4-5,12H2,1H3;1H/t7-;/m0./s1. The van der Waals surface area contributed by atoms with E-state index in [2.05, 4.69) is 0 Å². The van der Waals surface area contributed by atoms with E-state index in [0.29, 0.717) is 18.7 Å². The van der Waals surface area contributed by atoms with Crippen molar-refractivity contribution in [1.82, 2.24) is 0 Å². The zero-order valence-corrected chi connectivity index (χ0v) is 10.6. The monoisotopic (exact) mass is 271 g/mol. The molecule has 1 aromatic rings. The normalized spacial score (nSPS) is 14.7. The van der Waals surface area contributed by atoms with E-state index < -0.39 is 11.0 Å². The lowest BCUT2D eigenvalue weighted by Crippen LogP contribution is -2.41. The number of halogens is 1. The molecule has 0 aliphatic carbocycles. The van der Waals surface area contributed by atoms with E-state index in [1.54, 1.807) is 13.0 Å². The molecule has 0 unspecified atom stereocenters. The van der Waals surface area contributed by atoms with Crippen LogP contribution in [0.1, 0.15) is 12.5 Å². The zero-order valence-electron chi connectivity index (χ0n) is 9.83. The number of fused-ring (bicyclic) bond motifs is 1. The van der Waals surface area contributed by atoms with Gasteiger partial charge in [0.25, 0.3) is 5.69 Å². The summed E-state index contributed by atoms with van der Waals surface area (Å²) < 4.78 is 0. The van der Waals surface area contributed by atoms with Crippen molar-refractivity contribution in [3.8, 4) is 0 Å². The fourth-order valence-electron chi connectivity index (χ4n) is 1.96. The van der Waals surface area contributed by atoms with Gasteiger partial charge in [-0.15, -0.1) is 12.4 Å². The van der Waals surface area contributed by atoms with Crippen LogP contribution in [-0.2, 0) is 11.2 Å². The van der Waals surface area contributed by atoms with Crippen molar-refractivity contribution >= 4 is 29.7 Å². The fraction of sp³-hybridized carbons (Fsp3) is 0.364. The van der Waals surface area contributed by atoms with E-state index in [-0.39, 0.29) is 24.0 Å². The second-order valence-electron chi connectivity index (χ2n) is 4.10. The molecule has 18 heavy (non-hydrogen) atoms. The summed E-state index contributed by atoms with van der Waals surface area (Å²) in [7, 11) is 0. The Morgan fingerprint density at radius 1 is 1.56 bits per heavy atom. The van der Waals surface area contributed by atoms with E-state index in [1.807, 2.05) is 0 Å². The third-order valence-electron chi connectivity index (χ3n) is 2.83. The predicted octanol–water partition coefficient (Wildman–Crippen LogP) is 1.25. The molecule has 0 saturated carbocycles. The number of anilines is 1. The summed E-state index contributed by atoms with van der Waals surface area (Å²) >= 11 is 0. The number of hydrogen-bond acceptors (Lipinski definition) is 4. The Bertz CT molecular complexity index is 490. The van der Waals surface area contributed by atoms with Crippen molar-refractivity contribution in [3.05, 3.63) is 33.9 Å². The first kappa shape index (κ1) is 14.4. The van der Waals surface area contributed by atoms with Crippen LogP contribution < -0.4 is 10.6 Å². The molecule has 6 nitrogen and oxygen atoms in total. The molecule has 0 radical (unpaired) electrons. The molecule has 0 saturated heterocycles. The van der Waals surface area contributed by atoms with Crippen LogP contribution in [0.3, 0.4) is 0 Å². The molecule has 1 atom stereocenters. The van der Waals surface area contributed by atoms with Gasteiger partial charge in [0.15, 0.2) is 0 Å². The Hall–Kier alpha value is -1.66. The molecular weight excluding hydrogens is 258 g/mol. The van der Waals surface area contributed by atoms with Gasteiger partial charge in [-0.25, -0.2) is 0 Å². The van der Waals surface area contributed by atoms with E-state index >= 15 is 0 Å². The number of carbonyl (C=O) groups excluding carboxylic acids is 1. The van der Waals surface area contributed by atoms with Crippen molar-refractivity contribution in [2.75, 3.05) is 11.4 Å². The lowest BCUT2D eigenvalue weighted by molar-refractivity contribution is -0.384. The predicted molar refractivity (Wildman–Crippen MR) is 70.1 cm³/mol. The molecule has 0 aromatic heterocycles. The van der Waals surface area contributed by atoms with Gasteiger partial charge in [0.05, 0.1) is 16.7 Å². The number of amides is 1. The van der Waals surface area contributed by atoms with Gasteiger partial charge >= 0.3 is 0 Å². The van der Waals surface area contributed by atoms with Crippen LogP contribution in [0.5, 0.6) is 0 Å². The van der Waals surface area contributed by atoms with Crippen molar-refractivity contribution in [2.45, 2.75) is 19.4 Å². The second-order valence-corrected chi connectivity index (χ2v) is 4.10. The molecule has 2 N–H and O–H groups in total. The summed E-state index contributed by atoms with van der Waals surface area (Å²) in [4.78, 5) is 23.6. The summed E-state index contributed by atoms with van der Waals surface area (Å²) in [5.41, 5.74) is 7.10. The smallest absolute Gasteiger partial charge is 0.271 e. The molecule has 0 spiro atoms. The van der Waals surface area contributed by atoms with Gasteiger partial charge in [0.2, 0.25) is 5.91 Å². The first-order valence-corrected chi connectivity index (χ1v) is 5.35. The highest BCUT2D eigenvalue weighted by atomic mass is 35.5. The fourth-order valence-corrected chi connectivity index (χ4v) is 1.96. The summed E-state index contributed by atoms with van der Waals surface area (Å²) in [6.45, 7) is 2.15. The SMILES string of the molecule is C[C@H](N)C(=O)N1CCc2ccc([N+](=O)[O-])cc21.Cl. The topological polar surface area (TPSA) is 89.5 Å². The van der Waals surface area contributed by atoms with Crippen LogP contribution in [0.25, 0.3) is 0 Å². The second kappa shape index (κ2) is 5.32. The third kappa shape index (κ3) is 2.44. The number of nitro groups is 1. The van der Waals surface area contributed by atoms with Gasteiger partial charge in [-0.3, -0.25) is 14.9 Å². The van der Waals surface area contributed by atoms with Gasteiger partial charge in [-0.05, 0) is 18.9 Å². The van der Waals surface area contributed by atoms with E-state index in [0.717, 1.165) is 5.56 Å². The summed E-state index contributed by atoms with van der Waals surface area (Å²) in [5.74, 6) is -0.204. The first-order chi connectivity index (χ1) is 8.00. The van der Waals surface area contributed by atoms with Gasteiger partial charge in [-0.2, -0.15) is 0 Å². The van der Waals surface area contributed by atoms with Gasteiger partial charge in [0.1, 0.15) is 0 Å². The molecule has 1 amide bonds. The highest BCUT2D eigenvalue weighted by molar-refractivity contribution is 5.98. The Morgan fingerprint density at radius 2 is 2.22 bits per heavy atom. The maximum absolute atomic E-state index is 11.8. The minimum atomic E-state index is -0.597. The summed E-state index contributed by atoms with van der Waals surface area (Å²) in [6, 6.07) is 3.99. The largest absolute Gasteiger partial charge is 0.320 e. The van der Waals surface area contributed by atoms with Crippen molar-refractivity contribution in [2.24, 2.45) is 5.73 Å². The minimum absolute atomic E-state index is 0. The minimum Gasteiger partial charge on any atom is -0.320 e. The van der Waals surface area contributed by atoms with Crippen LogP contribution in [0.15, 0.2) is 18.2 Å². The van der Waals surface area contributed by atoms with Crippen LogP contribution in [0.2, 0.25) is 0 Å². The van der Waals surface area contributed by atoms with Gasteiger partial charge in [-0.1, -0.05) is 6.07 Å². The Morgan fingerprint density at radius 3 is 2.78 bits per heavy atom.